The number of β-lactam (4-membered cyclic amide) rings is 1. The third-order valence-electron chi connectivity index (χ3n) is 9.16. The van der Waals surface area contributed by atoms with Gasteiger partial charge in [-0.3, -0.25) is 19.3 Å². The maximum absolute atomic E-state index is 13.4. The number of nitrogens with one attached hydrogen (secondary N) is 1. The summed E-state index contributed by atoms with van der Waals surface area (Å²) in [5.41, 5.74) is 8.57. The molecule has 15 heteroatoms. The third kappa shape index (κ3) is 7.01. The second kappa shape index (κ2) is 14.5. The summed E-state index contributed by atoms with van der Waals surface area (Å²) in [6.07, 6.45) is 9.56. The number of carboxylic acids is 1. The summed E-state index contributed by atoms with van der Waals surface area (Å²) in [4.78, 5) is 65.2. The third-order valence-corrected chi connectivity index (χ3v) is 11.1. The van der Waals surface area contributed by atoms with Gasteiger partial charge >= 0.3 is 0 Å². The number of fused-ring (bicyclic) bond motifs is 1. The van der Waals surface area contributed by atoms with Crippen LogP contribution < -0.4 is 20.7 Å². The molecule has 2 atom stereocenters. The number of benzene rings is 1. The van der Waals surface area contributed by atoms with Crippen LogP contribution in [0.15, 0.2) is 88.3 Å². The van der Waals surface area contributed by atoms with Crippen molar-refractivity contribution >= 4 is 57.6 Å². The highest BCUT2D eigenvalue weighted by atomic mass is 32.2. The Balaban J connectivity index is 1.02. The number of rotatable bonds is 11. The van der Waals surface area contributed by atoms with Gasteiger partial charge in [0.25, 0.3) is 11.8 Å². The Hall–Kier alpha value is -5.02. The minimum Gasteiger partial charge on any atom is -0.543 e. The van der Waals surface area contributed by atoms with Crippen LogP contribution in [0, 0.1) is 0 Å². The van der Waals surface area contributed by atoms with E-state index in [4.69, 9.17) is 10.6 Å². The van der Waals surface area contributed by atoms with E-state index in [0.29, 0.717) is 30.7 Å². The minimum absolute atomic E-state index is 0.107. The van der Waals surface area contributed by atoms with Crippen LogP contribution in [0.2, 0.25) is 0 Å². The summed E-state index contributed by atoms with van der Waals surface area (Å²) in [5.74, 6) is -2.79. The molecule has 3 aromatic rings. The van der Waals surface area contributed by atoms with Crippen molar-refractivity contribution in [2.45, 2.75) is 62.7 Å². The molecular formula is C35H35N7O6S2. The number of nitrogen functional groups attached to an aromatic ring is 1. The molecule has 50 heavy (non-hydrogen) atoms. The van der Waals surface area contributed by atoms with Gasteiger partial charge in [-0.15, -0.1) is 23.1 Å². The SMILES string of the molecule is Nc1nc(/C(=N/OC2CCCC2)C(=O)N[C@@H]2C(=O)N3C(C(=O)[O-])=C(/C=C4\CCN(Cc5cc[n+](Cc6ccccc6)cc5)C4=O)CS[C@H]23)cs1. The van der Waals surface area contributed by atoms with Crippen molar-refractivity contribution in [1.82, 2.24) is 20.1 Å². The second-order valence-corrected chi connectivity index (χ2v) is 14.6. The standard InChI is InChI=1S/C35H35N7O6S2/c36-35-37-26(20-50-35)27(39-48-25-8-4-5-9-25)30(43)38-28-32(45)42-29(34(46)47)24(19-49-33(28)42)16-23-12-15-41(31(23)44)18-22-10-13-40(14-11-22)17-21-6-2-1-3-7-21/h1-3,6-7,10-11,13-14,16,20,25,28,33H,4-5,8-9,12,15,17-19H2,(H3-,36,37,38,43,46,47)/b23-16+,39-27-/t28-,33-/m1/s1. The number of carbonyl (C=O) groups excluding carboxylic acids is 4. The Morgan fingerprint density at radius 2 is 1.88 bits per heavy atom. The number of oxime groups is 1. The van der Waals surface area contributed by atoms with Crippen LogP contribution in [-0.2, 0) is 37.1 Å². The summed E-state index contributed by atoms with van der Waals surface area (Å²) in [5, 5.41) is 20.3. The Morgan fingerprint density at radius 1 is 1.12 bits per heavy atom. The number of carboxylic acid groups (broad SMARTS) is 1. The number of hydrogen-bond donors (Lipinski definition) is 2. The first-order chi connectivity index (χ1) is 24.2. The van der Waals surface area contributed by atoms with Gasteiger partial charge in [0, 0.05) is 47.5 Å². The molecule has 0 unspecified atom stereocenters. The average Bonchev–Trinajstić information content (AvgIpc) is 3.88. The summed E-state index contributed by atoms with van der Waals surface area (Å²) in [6, 6.07) is 13.1. The van der Waals surface area contributed by atoms with Gasteiger partial charge in [0.2, 0.25) is 5.91 Å². The maximum atomic E-state index is 13.4. The number of hydrogen-bond acceptors (Lipinski definition) is 11. The zero-order valence-electron chi connectivity index (χ0n) is 27.0. The first-order valence-electron chi connectivity index (χ1n) is 16.4. The number of nitrogens with zero attached hydrogens (tertiary/aromatic N) is 5. The van der Waals surface area contributed by atoms with Crippen LogP contribution in [0.5, 0.6) is 0 Å². The molecule has 1 saturated carbocycles. The van der Waals surface area contributed by atoms with E-state index in [-0.39, 0.29) is 40.0 Å². The lowest BCUT2D eigenvalue weighted by molar-refractivity contribution is -0.688. The second-order valence-electron chi connectivity index (χ2n) is 12.6. The predicted molar refractivity (Wildman–Crippen MR) is 184 cm³/mol. The molecule has 3 fully saturated rings. The molecule has 7 rings (SSSR count). The van der Waals surface area contributed by atoms with Crippen molar-refractivity contribution in [3.05, 3.63) is 100.0 Å². The van der Waals surface area contributed by atoms with E-state index in [1.54, 1.807) is 16.4 Å². The highest BCUT2D eigenvalue weighted by Gasteiger charge is 2.53. The zero-order valence-corrected chi connectivity index (χ0v) is 28.7. The number of anilines is 1. The van der Waals surface area contributed by atoms with Crippen LogP contribution in [-0.4, -0.2) is 74.0 Å². The minimum atomic E-state index is -1.53. The van der Waals surface area contributed by atoms with Crippen LogP contribution in [0.4, 0.5) is 5.13 Å². The molecule has 0 bridgehead atoms. The van der Waals surface area contributed by atoms with Crippen molar-refractivity contribution in [3.63, 3.8) is 0 Å². The Kier molecular flexibility index (Phi) is 9.68. The fraction of sp³-hybridized carbons (Fsp3) is 0.343. The first kappa shape index (κ1) is 33.5. The van der Waals surface area contributed by atoms with Crippen molar-refractivity contribution in [1.29, 1.82) is 0 Å². The molecule has 2 saturated heterocycles. The van der Waals surface area contributed by atoms with E-state index in [1.165, 1.54) is 17.3 Å². The van der Waals surface area contributed by atoms with E-state index >= 15 is 0 Å². The van der Waals surface area contributed by atoms with Crippen molar-refractivity contribution in [2.24, 2.45) is 5.16 Å². The van der Waals surface area contributed by atoms with Crippen LogP contribution in [0.3, 0.4) is 0 Å². The molecule has 1 aliphatic carbocycles. The van der Waals surface area contributed by atoms with Gasteiger partial charge in [0.05, 0.1) is 11.7 Å². The van der Waals surface area contributed by atoms with Crippen molar-refractivity contribution in [2.75, 3.05) is 18.0 Å². The molecule has 4 aliphatic rings. The zero-order chi connectivity index (χ0) is 34.8. The maximum Gasteiger partial charge on any atom is 0.276 e. The molecule has 5 heterocycles. The summed E-state index contributed by atoms with van der Waals surface area (Å²) in [6.45, 7) is 1.65. The summed E-state index contributed by atoms with van der Waals surface area (Å²) < 4.78 is 2.07. The lowest BCUT2D eigenvalue weighted by Crippen LogP contribution is -2.71. The van der Waals surface area contributed by atoms with Gasteiger partial charge in [0.1, 0.15) is 23.2 Å². The van der Waals surface area contributed by atoms with Gasteiger partial charge in [-0.1, -0.05) is 35.5 Å². The number of thiazole rings is 1. The quantitative estimate of drug-likeness (QED) is 0.0981. The molecule has 3 amide bonds. The van der Waals surface area contributed by atoms with Gasteiger partial charge in [-0.05, 0) is 49.3 Å². The molecule has 3 aliphatic heterocycles. The fourth-order valence-corrected chi connectivity index (χ4v) is 8.40. The van der Waals surface area contributed by atoms with Crippen LogP contribution >= 0.6 is 23.1 Å². The lowest BCUT2D eigenvalue weighted by atomic mass is 10.0. The first-order valence-corrected chi connectivity index (χ1v) is 18.3. The van der Waals surface area contributed by atoms with Gasteiger partial charge in [-0.2, -0.15) is 0 Å². The largest absolute Gasteiger partial charge is 0.543 e. The molecule has 0 radical (unpaired) electrons. The normalized spacial score (nSPS) is 21.8. The van der Waals surface area contributed by atoms with Crippen LogP contribution in [0.25, 0.3) is 0 Å². The smallest absolute Gasteiger partial charge is 0.276 e. The number of allylic oxidation sites excluding steroid dienone is 1. The van der Waals surface area contributed by atoms with Crippen LogP contribution in [0.1, 0.15) is 48.9 Å². The number of aromatic nitrogens is 2. The number of amides is 3. The molecule has 258 valence electrons. The highest BCUT2D eigenvalue weighted by molar-refractivity contribution is 8.00. The van der Waals surface area contributed by atoms with E-state index < -0.39 is 29.2 Å². The fourth-order valence-electron chi connectivity index (χ4n) is 6.55. The summed E-state index contributed by atoms with van der Waals surface area (Å²) in [7, 11) is 0. The van der Waals surface area contributed by atoms with E-state index in [1.807, 2.05) is 42.7 Å². The Bertz CT molecular complexity index is 1900. The lowest BCUT2D eigenvalue weighted by Gasteiger charge is -2.50. The van der Waals surface area contributed by atoms with E-state index in [9.17, 15) is 24.3 Å². The Labute approximate surface area is 296 Å². The molecule has 1 aromatic carbocycles. The molecule has 3 N–H and O–H groups in total. The average molecular weight is 714 g/mol. The molecule has 0 spiro atoms. The monoisotopic (exact) mass is 713 g/mol. The topological polar surface area (TPSA) is 174 Å². The number of nitrogens with two attached hydrogens (primary N) is 1. The van der Waals surface area contributed by atoms with Crippen molar-refractivity contribution < 1.29 is 33.7 Å². The summed E-state index contributed by atoms with van der Waals surface area (Å²) >= 11 is 2.44. The number of aliphatic carboxylic acids is 1. The van der Waals surface area contributed by atoms with Gasteiger partial charge in [-0.25, -0.2) is 9.55 Å². The van der Waals surface area contributed by atoms with Crippen molar-refractivity contribution in [3.8, 4) is 0 Å². The number of thioether (sulfide) groups is 1. The number of likely N-dealkylation sites (tertiary alicyclic amines) is 1. The predicted octanol–water partition coefficient (Wildman–Crippen LogP) is 1.49. The Morgan fingerprint density at radius 3 is 2.58 bits per heavy atom. The van der Waals surface area contributed by atoms with E-state index in [2.05, 4.69) is 32.2 Å². The molecule has 2 aromatic heterocycles. The number of pyridine rings is 1. The van der Waals surface area contributed by atoms with Gasteiger partial charge < -0.3 is 30.7 Å². The highest BCUT2D eigenvalue weighted by Crippen LogP contribution is 2.41. The number of carbonyl (C=O) groups is 4. The van der Waals surface area contributed by atoms with E-state index in [0.717, 1.165) is 54.0 Å². The van der Waals surface area contributed by atoms with Gasteiger partial charge in [0.15, 0.2) is 29.8 Å². The molecule has 13 nitrogen and oxygen atoms in total. The molecular weight excluding hydrogens is 679 g/mol.